The van der Waals surface area contributed by atoms with E-state index in [1.165, 1.54) is 32.1 Å². The Balaban J connectivity index is 1.33. The van der Waals surface area contributed by atoms with Crippen LogP contribution in [0.4, 0.5) is 4.79 Å². The molecule has 13 nitrogen and oxygen atoms in total. The summed E-state index contributed by atoms with van der Waals surface area (Å²) in [6, 6.07) is 0. The zero-order chi connectivity index (χ0) is 41.3. The number of rotatable bonds is 26. The SMILES string of the molecule is C[C@H](CCCNCCCNCCCNC(=O)OC(C)(C)C)C1CC[C@H]2[C@@H]3[C@H](OCCCN=[N+]=[N-])C[C@@H]4C[C@H](OCCCN)CC[C@]4(C)[C@H]3C[C@H](OCCCN)[C@]12C. The van der Waals surface area contributed by atoms with Gasteiger partial charge >= 0.3 is 6.09 Å². The molecule has 0 aromatic carbocycles. The van der Waals surface area contributed by atoms with Crippen molar-refractivity contribution in [3.8, 4) is 0 Å². The van der Waals surface area contributed by atoms with Gasteiger partial charge in [0.25, 0.3) is 0 Å². The van der Waals surface area contributed by atoms with Gasteiger partial charge < -0.3 is 46.4 Å². The third-order valence-corrected chi connectivity index (χ3v) is 14.5. The molecule has 4 aliphatic carbocycles. The Bertz CT molecular complexity index is 1220. The standard InChI is InChI=1S/C44H84N8O5/c1-32(13-7-20-48-21-10-22-49-23-11-24-50-41(53)57-42(2,3)4)35-14-15-36-40-37(31-39(44(35,36)6)56-27-9-19-46)43(5)17-16-34(54-26-8-18-45)29-33(43)30-38(40)55-28-12-25-51-52-47/h32-40,48-49H,7-31,45-46H2,1-6H3,(H,50,53)/t32-,33+,34-,35?,36+,37+,38-,39+,40+,43+,44-/m1/s1. The molecule has 0 aromatic heterocycles. The molecule has 1 amide bonds. The van der Waals surface area contributed by atoms with Crippen LogP contribution >= 0.6 is 0 Å². The van der Waals surface area contributed by atoms with Crippen molar-refractivity contribution in [2.24, 2.45) is 62.9 Å². The molecule has 0 bridgehead atoms. The highest BCUT2D eigenvalue weighted by atomic mass is 16.6. The molecular weight excluding hydrogens is 721 g/mol. The fourth-order valence-corrected chi connectivity index (χ4v) is 11.8. The number of nitrogens with one attached hydrogen (secondary N) is 3. The Kier molecular flexibility index (Phi) is 20.1. The highest BCUT2D eigenvalue weighted by Gasteiger charge is 2.66. The van der Waals surface area contributed by atoms with Gasteiger partial charge in [-0.25, -0.2) is 4.79 Å². The lowest BCUT2D eigenvalue weighted by atomic mass is 9.43. The van der Waals surface area contributed by atoms with Crippen LogP contribution in [-0.2, 0) is 18.9 Å². The second-order valence-electron chi connectivity index (χ2n) is 19.4. The zero-order valence-electron chi connectivity index (χ0n) is 36.9. The highest BCUT2D eigenvalue weighted by Crippen LogP contribution is 2.69. The number of azide groups is 1. The largest absolute Gasteiger partial charge is 0.444 e. The molecular formula is C44H84N8O5. The molecule has 0 heterocycles. The van der Waals surface area contributed by atoms with E-state index in [9.17, 15) is 4.79 Å². The van der Waals surface area contributed by atoms with Crippen molar-refractivity contribution in [2.75, 3.05) is 72.2 Å². The number of fused-ring (bicyclic) bond motifs is 5. The normalized spacial score (nSPS) is 32.8. The summed E-state index contributed by atoms with van der Waals surface area (Å²) in [5.41, 5.74) is 20.5. The maximum atomic E-state index is 11.8. The molecule has 1 unspecified atom stereocenters. The molecule has 57 heavy (non-hydrogen) atoms. The van der Waals surface area contributed by atoms with Gasteiger partial charge in [0.15, 0.2) is 0 Å². The quantitative estimate of drug-likeness (QED) is 0.0258. The van der Waals surface area contributed by atoms with Gasteiger partial charge in [0, 0.05) is 43.2 Å². The van der Waals surface area contributed by atoms with Gasteiger partial charge in [0.1, 0.15) is 5.60 Å². The number of nitrogens with two attached hydrogens (primary N) is 2. The summed E-state index contributed by atoms with van der Waals surface area (Å²) in [6.07, 6.45) is 15.4. The predicted molar refractivity (Wildman–Crippen MR) is 229 cm³/mol. The molecule has 0 spiro atoms. The van der Waals surface area contributed by atoms with Crippen molar-refractivity contribution in [1.29, 1.82) is 0 Å². The highest BCUT2D eigenvalue weighted by molar-refractivity contribution is 5.67. The molecule has 4 fully saturated rings. The van der Waals surface area contributed by atoms with Crippen molar-refractivity contribution >= 4 is 6.09 Å². The van der Waals surface area contributed by atoms with E-state index in [1.54, 1.807) is 0 Å². The van der Waals surface area contributed by atoms with E-state index in [2.05, 4.69) is 46.7 Å². The molecule has 11 atom stereocenters. The minimum Gasteiger partial charge on any atom is -0.444 e. The predicted octanol–water partition coefficient (Wildman–Crippen LogP) is 7.32. The Labute approximate surface area is 345 Å². The van der Waals surface area contributed by atoms with Gasteiger partial charge in [-0.05, 0) is 196 Å². The summed E-state index contributed by atoms with van der Waals surface area (Å²) >= 11 is 0. The van der Waals surface area contributed by atoms with E-state index in [-0.39, 0.29) is 29.1 Å². The van der Waals surface area contributed by atoms with E-state index in [0.29, 0.717) is 74.4 Å². The fraction of sp³-hybridized carbons (Fsp3) is 0.977. The molecule has 330 valence electrons. The van der Waals surface area contributed by atoms with Crippen LogP contribution in [0.25, 0.3) is 10.4 Å². The van der Waals surface area contributed by atoms with Crippen molar-refractivity contribution < 1.29 is 23.7 Å². The van der Waals surface area contributed by atoms with Crippen LogP contribution in [0.3, 0.4) is 0 Å². The zero-order valence-corrected chi connectivity index (χ0v) is 36.9. The number of hydrogen-bond donors (Lipinski definition) is 5. The van der Waals surface area contributed by atoms with Gasteiger partial charge in [0.2, 0.25) is 0 Å². The second-order valence-corrected chi connectivity index (χ2v) is 19.4. The Morgan fingerprint density at radius 3 is 2.19 bits per heavy atom. The molecule has 0 aliphatic heterocycles. The monoisotopic (exact) mass is 805 g/mol. The summed E-state index contributed by atoms with van der Waals surface area (Å²) in [5, 5.41) is 13.8. The van der Waals surface area contributed by atoms with Crippen LogP contribution in [-0.4, -0.2) is 102 Å². The number of amides is 1. The summed E-state index contributed by atoms with van der Waals surface area (Å²) in [7, 11) is 0. The molecule has 0 aromatic rings. The number of nitrogens with zero attached hydrogens (tertiary/aromatic N) is 3. The molecule has 4 rings (SSSR count). The van der Waals surface area contributed by atoms with Gasteiger partial charge in [0.05, 0.1) is 18.3 Å². The first kappa shape index (κ1) is 48.0. The van der Waals surface area contributed by atoms with Crippen molar-refractivity contribution in [1.82, 2.24) is 16.0 Å². The smallest absolute Gasteiger partial charge is 0.407 e. The van der Waals surface area contributed by atoms with Crippen LogP contribution in [0.1, 0.15) is 131 Å². The molecule has 4 saturated carbocycles. The fourth-order valence-electron chi connectivity index (χ4n) is 11.8. The number of carbonyl (C=O) groups is 1. The van der Waals surface area contributed by atoms with Crippen LogP contribution in [0.2, 0.25) is 0 Å². The maximum absolute atomic E-state index is 11.8. The van der Waals surface area contributed by atoms with Crippen molar-refractivity contribution in [2.45, 2.75) is 155 Å². The van der Waals surface area contributed by atoms with Gasteiger partial charge in [-0.3, -0.25) is 0 Å². The number of alkyl carbamates (subject to hydrolysis) is 1. The third-order valence-electron chi connectivity index (χ3n) is 14.5. The molecule has 0 radical (unpaired) electrons. The van der Waals surface area contributed by atoms with Crippen LogP contribution in [0, 0.1) is 46.3 Å². The van der Waals surface area contributed by atoms with E-state index in [0.717, 1.165) is 97.2 Å². The van der Waals surface area contributed by atoms with Crippen LogP contribution < -0.4 is 27.4 Å². The van der Waals surface area contributed by atoms with E-state index in [1.807, 2.05) is 20.8 Å². The Hall–Kier alpha value is -1.70. The first-order chi connectivity index (χ1) is 27.4. The number of carbonyl (C=O) groups excluding carboxylic acids is 1. The summed E-state index contributed by atoms with van der Waals surface area (Å²) in [4.78, 5) is 14.8. The molecule has 7 N–H and O–H groups in total. The van der Waals surface area contributed by atoms with E-state index in [4.69, 9.17) is 35.9 Å². The molecule has 13 heteroatoms. The van der Waals surface area contributed by atoms with E-state index < -0.39 is 5.60 Å². The molecule has 4 aliphatic rings. The third kappa shape index (κ3) is 13.7. The lowest BCUT2D eigenvalue weighted by Gasteiger charge is -2.65. The maximum Gasteiger partial charge on any atom is 0.407 e. The minimum atomic E-state index is -0.469. The Morgan fingerprint density at radius 2 is 1.51 bits per heavy atom. The first-order valence-corrected chi connectivity index (χ1v) is 23.0. The van der Waals surface area contributed by atoms with Crippen LogP contribution in [0.15, 0.2) is 5.11 Å². The lowest BCUT2D eigenvalue weighted by molar-refractivity contribution is -0.227. The van der Waals surface area contributed by atoms with Crippen molar-refractivity contribution in [3.63, 3.8) is 0 Å². The Morgan fingerprint density at radius 1 is 0.842 bits per heavy atom. The lowest BCUT2D eigenvalue weighted by Crippen LogP contribution is -2.63. The van der Waals surface area contributed by atoms with Crippen LogP contribution in [0.5, 0.6) is 0 Å². The van der Waals surface area contributed by atoms with E-state index >= 15 is 0 Å². The minimum absolute atomic E-state index is 0.0924. The summed E-state index contributed by atoms with van der Waals surface area (Å²) in [6.45, 7) is 21.8. The summed E-state index contributed by atoms with van der Waals surface area (Å²) in [5.74, 6) is 3.40. The average Bonchev–Trinajstić information content (AvgIpc) is 3.53. The number of ether oxygens (including phenoxy) is 4. The topological polar surface area (TPSA) is 191 Å². The van der Waals surface area contributed by atoms with Gasteiger partial charge in [-0.1, -0.05) is 25.9 Å². The second kappa shape index (κ2) is 23.9. The summed E-state index contributed by atoms with van der Waals surface area (Å²) < 4.78 is 25.7. The number of hydrogen-bond acceptors (Lipinski definition) is 10. The van der Waals surface area contributed by atoms with Gasteiger partial charge in [-0.15, -0.1) is 0 Å². The molecule has 0 saturated heterocycles. The first-order valence-electron chi connectivity index (χ1n) is 23.0. The van der Waals surface area contributed by atoms with Gasteiger partial charge in [-0.2, -0.15) is 0 Å². The average molecular weight is 805 g/mol. The van der Waals surface area contributed by atoms with Crippen molar-refractivity contribution in [3.05, 3.63) is 10.4 Å².